The van der Waals surface area contributed by atoms with Gasteiger partial charge in [-0.2, -0.15) is 0 Å². The molecule has 2 heterocycles. The molecule has 0 bridgehead atoms. The van der Waals surface area contributed by atoms with Crippen molar-refractivity contribution in [1.29, 1.82) is 0 Å². The fraction of sp³-hybridized carbons (Fsp3) is 0.480. The van der Waals surface area contributed by atoms with Crippen molar-refractivity contribution in [2.24, 2.45) is 0 Å². The van der Waals surface area contributed by atoms with Crippen LogP contribution in [0.5, 0.6) is 0 Å². The third-order valence-corrected chi connectivity index (χ3v) is 7.34. The summed E-state index contributed by atoms with van der Waals surface area (Å²) in [4.78, 5) is 18.1. The molecule has 2 aromatic rings. The topological polar surface area (TPSA) is 32.8 Å². The van der Waals surface area contributed by atoms with Gasteiger partial charge in [-0.15, -0.1) is 24.2 Å². The van der Waals surface area contributed by atoms with Crippen LogP contribution in [0.1, 0.15) is 43.2 Å². The van der Waals surface area contributed by atoms with Crippen molar-refractivity contribution in [3.8, 4) is 0 Å². The molecule has 2 aliphatic heterocycles. The predicted molar refractivity (Wildman–Crippen MR) is 130 cm³/mol. The van der Waals surface area contributed by atoms with Crippen LogP contribution in [0, 0.1) is 0 Å². The van der Waals surface area contributed by atoms with Gasteiger partial charge in [0.05, 0.1) is 0 Å². The van der Waals surface area contributed by atoms with Crippen LogP contribution in [0.4, 0.5) is 4.79 Å². The molecule has 0 radical (unpaired) electrons. The van der Waals surface area contributed by atoms with E-state index in [9.17, 15) is 4.79 Å². The molecule has 2 fully saturated rings. The molecule has 4 rings (SSSR count). The summed E-state index contributed by atoms with van der Waals surface area (Å²) in [7, 11) is 0. The van der Waals surface area contributed by atoms with Crippen molar-refractivity contribution in [1.82, 2.24) is 9.80 Å². The average molecular weight is 461 g/mol. The van der Waals surface area contributed by atoms with Gasteiger partial charge in [0.2, 0.25) is 0 Å². The van der Waals surface area contributed by atoms with Gasteiger partial charge < -0.3 is 9.64 Å². The van der Waals surface area contributed by atoms with E-state index in [2.05, 4.69) is 29.2 Å². The average Bonchev–Trinajstić information content (AvgIpc) is 2.81. The van der Waals surface area contributed by atoms with Gasteiger partial charge in [-0.1, -0.05) is 48.9 Å². The van der Waals surface area contributed by atoms with Crippen LogP contribution in [0.2, 0.25) is 0 Å². The fourth-order valence-electron chi connectivity index (χ4n) is 4.21. The Labute approximate surface area is 196 Å². The summed E-state index contributed by atoms with van der Waals surface area (Å²) >= 11 is 1.95. The molecule has 4 nitrogen and oxygen atoms in total. The largest absolute Gasteiger partial charge is 0.445 e. The first kappa shape index (κ1) is 24.0. The smallest absolute Gasteiger partial charge is 0.410 e. The SMILES string of the molecule is Cl.O=C(OCc1ccccc1)N1CCC(Sc2ccc(CN3CCCCC3)cc2)CC1. The molecule has 2 saturated heterocycles. The quantitative estimate of drug-likeness (QED) is 0.530. The Morgan fingerprint density at radius 1 is 0.871 bits per heavy atom. The normalized spacial score (nSPS) is 17.7. The molecular formula is C25H33ClN2O2S. The van der Waals surface area contributed by atoms with Crippen molar-refractivity contribution in [3.05, 3.63) is 65.7 Å². The van der Waals surface area contributed by atoms with Crippen LogP contribution < -0.4 is 0 Å². The maximum absolute atomic E-state index is 12.3. The lowest BCUT2D eigenvalue weighted by Gasteiger charge is -2.31. The Hall–Kier alpha value is -1.69. The Morgan fingerprint density at radius 3 is 2.23 bits per heavy atom. The second-order valence-corrected chi connectivity index (χ2v) is 9.70. The van der Waals surface area contributed by atoms with E-state index in [1.54, 1.807) is 0 Å². The van der Waals surface area contributed by atoms with E-state index < -0.39 is 0 Å². The van der Waals surface area contributed by atoms with Gasteiger partial charge in [-0.3, -0.25) is 4.90 Å². The number of amides is 1. The maximum atomic E-state index is 12.3. The number of hydrogen-bond acceptors (Lipinski definition) is 4. The maximum Gasteiger partial charge on any atom is 0.410 e. The molecule has 0 aromatic heterocycles. The minimum absolute atomic E-state index is 0. The van der Waals surface area contributed by atoms with Crippen LogP contribution >= 0.6 is 24.2 Å². The number of piperidine rings is 2. The third kappa shape index (κ3) is 7.44. The molecule has 0 unspecified atom stereocenters. The molecule has 0 aliphatic carbocycles. The van der Waals surface area contributed by atoms with E-state index in [-0.39, 0.29) is 18.5 Å². The highest BCUT2D eigenvalue weighted by Crippen LogP contribution is 2.31. The summed E-state index contributed by atoms with van der Waals surface area (Å²) < 4.78 is 5.47. The zero-order chi connectivity index (χ0) is 20.6. The number of carbonyl (C=O) groups is 1. The minimum atomic E-state index is -0.190. The highest BCUT2D eigenvalue weighted by atomic mass is 35.5. The fourth-order valence-corrected chi connectivity index (χ4v) is 5.33. The Bertz CT molecular complexity index is 789. The first-order valence-corrected chi connectivity index (χ1v) is 12.1. The molecule has 0 saturated carbocycles. The highest BCUT2D eigenvalue weighted by molar-refractivity contribution is 8.00. The van der Waals surface area contributed by atoms with Crippen LogP contribution in [-0.4, -0.2) is 47.3 Å². The lowest BCUT2D eigenvalue weighted by molar-refractivity contribution is 0.0901. The highest BCUT2D eigenvalue weighted by Gasteiger charge is 2.24. The number of halogens is 1. The molecule has 0 N–H and O–H groups in total. The number of hydrogen-bond donors (Lipinski definition) is 0. The van der Waals surface area contributed by atoms with Gasteiger partial charge in [0.15, 0.2) is 0 Å². The van der Waals surface area contributed by atoms with Crippen molar-refractivity contribution >= 4 is 30.3 Å². The first-order chi connectivity index (χ1) is 14.8. The number of rotatable bonds is 6. The zero-order valence-corrected chi connectivity index (χ0v) is 19.7. The summed E-state index contributed by atoms with van der Waals surface area (Å²) in [6.07, 6.45) is 5.90. The van der Waals surface area contributed by atoms with Crippen LogP contribution in [0.15, 0.2) is 59.5 Å². The van der Waals surface area contributed by atoms with Gasteiger partial charge in [0.1, 0.15) is 6.61 Å². The second kappa shape index (κ2) is 12.4. The van der Waals surface area contributed by atoms with E-state index in [0.29, 0.717) is 11.9 Å². The number of likely N-dealkylation sites (tertiary alicyclic amines) is 2. The molecule has 1 amide bonds. The third-order valence-electron chi connectivity index (χ3n) is 5.99. The molecule has 168 valence electrons. The monoisotopic (exact) mass is 460 g/mol. The summed E-state index contributed by atoms with van der Waals surface area (Å²) in [5.74, 6) is 0. The molecule has 31 heavy (non-hydrogen) atoms. The summed E-state index contributed by atoms with van der Waals surface area (Å²) in [5, 5.41) is 0.566. The van der Waals surface area contributed by atoms with Gasteiger partial charge >= 0.3 is 6.09 Å². The number of benzene rings is 2. The molecule has 0 atom stereocenters. The summed E-state index contributed by atoms with van der Waals surface area (Å²) in [6.45, 7) is 5.45. The molecule has 6 heteroatoms. The standard InChI is InChI=1S/C25H32N2O2S.ClH/c28-25(29-20-22-7-3-1-4-8-22)27-17-13-24(14-18-27)30-23-11-9-21(10-12-23)19-26-15-5-2-6-16-26;/h1,3-4,7-12,24H,2,5-6,13-20H2;1H. The van der Waals surface area contributed by atoms with Crippen molar-refractivity contribution < 1.29 is 9.53 Å². The lowest BCUT2D eigenvalue weighted by atomic mass is 10.1. The Morgan fingerprint density at radius 2 is 1.55 bits per heavy atom. The van der Waals surface area contributed by atoms with Crippen LogP contribution in [0.25, 0.3) is 0 Å². The minimum Gasteiger partial charge on any atom is -0.445 e. The predicted octanol–water partition coefficient (Wildman–Crippen LogP) is 5.99. The molecule has 2 aromatic carbocycles. The number of thioether (sulfide) groups is 1. The van der Waals surface area contributed by atoms with Gasteiger partial charge in [0.25, 0.3) is 0 Å². The van der Waals surface area contributed by atoms with Crippen molar-refractivity contribution in [3.63, 3.8) is 0 Å². The Kier molecular flexibility index (Phi) is 9.56. The number of carbonyl (C=O) groups excluding carboxylic acids is 1. The van der Waals surface area contributed by atoms with Gasteiger partial charge in [0, 0.05) is 29.8 Å². The first-order valence-electron chi connectivity index (χ1n) is 11.2. The summed E-state index contributed by atoms with van der Waals surface area (Å²) in [5.41, 5.74) is 2.44. The molecule has 0 spiro atoms. The number of ether oxygens (including phenoxy) is 1. The second-order valence-electron chi connectivity index (χ2n) is 8.33. The zero-order valence-electron chi connectivity index (χ0n) is 18.1. The van der Waals surface area contributed by atoms with E-state index >= 15 is 0 Å². The number of nitrogens with zero attached hydrogens (tertiary/aromatic N) is 2. The summed E-state index contributed by atoms with van der Waals surface area (Å²) in [6, 6.07) is 19.0. The van der Waals surface area contributed by atoms with Gasteiger partial charge in [-0.25, -0.2) is 4.79 Å². The van der Waals surface area contributed by atoms with Crippen molar-refractivity contribution in [2.75, 3.05) is 26.2 Å². The van der Waals surface area contributed by atoms with E-state index in [1.807, 2.05) is 47.0 Å². The van der Waals surface area contributed by atoms with Crippen LogP contribution in [-0.2, 0) is 17.9 Å². The molecular weight excluding hydrogens is 428 g/mol. The van der Waals surface area contributed by atoms with E-state index in [1.165, 1.54) is 42.8 Å². The Balaban J connectivity index is 0.00000272. The van der Waals surface area contributed by atoms with E-state index in [0.717, 1.165) is 38.0 Å². The molecule has 2 aliphatic rings. The van der Waals surface area contributed by atoms with Crippen molar-refractivity contribution in [2.45, 2.75) is 55.4 Å². The van der Waals surface area contributed by atoms with E-state index in [4.69, 9.17) is 4.74 Å². The van der Waals surface area contributed by atoms with Gasteiger partial charge in [-0.05, 0) is 62.0 Å². The van der Waals surface area contributed by atoms with Crippen LogP contribution in [0.3, 0.4) is 0 Å². The lowest BCUT2D eigenvalue weighted by Crippen LogP contribution is -2.39.